The monoisotopic (exact) mass is 399 g/mol. The van der Waals surface area contributed by atoms with Gasteiger partial charge in [-0.3, -0.25) is 4.79 Å². The Morgan fingerprint density at radius 2 is 1.34 bits per heavy atom. The Morgan fingerprint density at radius 3 is 1.90 bits per heavy atom. The second kappa shape index (κ2) is 19.2. The average molecular weight is 400 g/mol. The number of nitrogens with one attached hydrogen (secondary N) is 1. The number of hydrogen-bond donors (Lipinski definition) is 2. The molecule has 0 aliphatic heterocycles. The topological polar surface area (TPSA) is 49.3 Å². The molecule has 0 aliphatic rings. The maximum absolute atomic E-state index is 12.0. The maximum atomic E-state index is 12.0. The van der Waals surface area contributed by atoms with Gasteiger partial charge in [0.2, 0.25) is 5.91 Å². The molecule has 0 aliphatic carbocycles. The van der Waals surface area contributed by atoms with Gasteiger partial charge >= 0.3 is 0 Å². The van der Waals surface area contributed by atoms with E-state index in [-0.39, 0.29) is 5.91 Å². The van der Waals surface area contributed by atoms with Crippen LogP contribution in [-0.4, -0.2) is 23.2 Å². The Kier molecular flexibility index (Phi) is 17.8. The highest BCUT2D eigenvalue weighted by Gasteiger charge is 2.25. The predicted molar refractivity (Wildman–Crippen MR) is 127 cm³/mol. The van der Waals surface area contributed by atoms with E-state index in [1.54, 1.807) is 6.08 Å². The van der Waals surface area contributed by atoms with E-state index in [2.05, 4.69) is 25.2 Å². The van der Waals surface area contributed by atoms with Gasteiger partial charge < -0.3 is 10.4 Å². The van der Waals surface area contributed by atoms with Crippen LogP contribution in [0.4, 0.5) is 0 Å². The SMILES string of the molecule is CC=CC=CC=CC=CCCC=CC=CC(=O)NCC(O)(CCCC)CCCC. The highest BCUT2D eigenvalue weighted by Crippen LogP contribution is 2.20. The van der Waals surface area contributed by atoms with Crippen LogP contribution in [0.5, 0.6) is 0 Å². The number of carbonyl (C=O) groups excluding carboxylic acids is 1. The molecule has 0 heterocycles. The van der Waals surface area contributed by atoms with Gasteiger partial charge in [-0.2, -0.15) is 0 Å². The van der Waals surface area contributed by atoms with Crippen molar-refractivity contribution in [1.82, 2.24) is 5.32 Å². The van der Waals surface area contributed by atoms with Crippen molar-refractivity contribution in [3.05, 3.63) is 72.9 Å². The second-order valence-electron chi connectivity index (χ2n) is 7.24. The minimum Gasteiger partial charge on any atom is -0.388 e. The lowest BCUT2D eigenvalue weighted by atomic mass is 9.91. The molecule has 0 atom stereocenters. The summed E-state index contributed by atoms with van der Waals surface area (Å²) < 4.78 is 0. The van der Waals surface area contributed by atoms with E-state index >= 15 is 0 Å². The largest absolute Gasteiger partial charge is 0.388 e. The number of aliphatic hydroxyl groups is 1. The average Bonchev–Trinajstić information content (AvgIpc) is 2.73. The molecule has 0 radical (unpaired) electrons. The molecule has 0 aromatic carbocycles. The van der Waals surface area contributed by atoms with Crippen molar-refractivity contribution in [2.75, 3.05) is 6.54 Å². The minimum absolute atomic E-state index is 0.155. The third-order valence-corrected chi connectivity index (χ3v) is 4.46. The normalized spacial score (nSPS) is 13.4. The van der Waals surface area contributed by atoms with E-state index in [4.69, 9.17) is 0 Å². The van der Waals surface area contributed by atoms with Crippen LogP contribution in [-0.2, 0) is 4.79 Å². The third kappa shape index (κ3) is 17.7. The molecule has 3 heteroatoms. The van der Waals surface area contributed by atoms with Crippen LogP contribution >= 0.6 is 0 Å². The summed E-state index contributed by atoms with van der Waals surface area (Å²) in [4.78, 5) is 12.0. The highest BCUT2D eigenvalue weighted by atomic mass is 16.3. The first-order valence-corrected chi connectivity index (χ1v) is 11.0. The van der Waals surface area contributed by atoms with Gasteiger partial charge in [0, 0.05) is 12.6 Å². The lowest BCUT2D eigenvalue weighted by Gasteiger charge is -2.28. The third-order valence-electron chi connectivity index (χ3n) is 4.46. The van der Waals surface area contributed by atoms with Crippen LogP contribution in [0.3, 0.4) is 0 Å². The lowest BCUT2D eigenvalue weighted by molar-refractivity contribution is -0.118. The van der Waals surface area contributed by atoms with Crippen LogP contribution in [0.2, 0.25) is 0 Å². The molecule has 0 spiro atoms. The summed E-state index contributed by atoms with van der Waals surface area (Å²) >= 11 is 0. The summed E-state index contributed by atoms with van der Waals surface area (Å²) in [5.74, 6) is -0.155. The maximum Gasteiger partial charge on any atom is 0.244 e. The van der Waals surface area contributed by atoms with Gasteiger partial charge in [0.25, 0.3) is 0 Å². The summed E-state index contributed by atoms with van der Waals surface area (Å²) in [6.45, 7) is 6.54. The lowest BCUT2D eigenvalue weighted by Crippen LogP contribution is -2.42. The Morgan fingerprint density at radius 1 is 0.828 bits per heavy atom. The summed E-state index contributed by atoms with van der Waals surface area (Å²) in [7, 11) is 0. The smallest absolute Gasteiger partial charge is 0.244 e. The first kappa shape index (κ1) is 26.9. The number of hydrogen-bond acceptors (Lipinski definition) is 2. The highest BCUT2D eigenvalue weighted by molar-refractivity contribution is 5.87. The molecule has 0 saturated carbocycles. The van der Waals surface area contributed by atoms with Crippen molar-refractivity contribution in [2.24, 2.45) is 0 Å². The summed E-state index contributed by atoms with van der Waals surface area (Å²) in [6, 6.07) is 0. The van der Waals surface area contributed by atoms with Crippen molar-refractivity contribution in [3.8, 4) is 0 Å². The molecule has 0 rings (SSSR count). The first-order valence-electron chi connectivity index (χ1n) is 11.0. The molecule has 0 fully saturated rings. The van der Waals surface area contributed by atoms with Crippen LogP contribution < -0.4 is 5.32 Å². The van der Waals surface area contributed by atoms with Crippen molar-refractivity contribution in [3.63, 3.8) is 0 Å². The van der Waals surface area contributed by atoms with E-state index in [1.165, 1.54) is 6.08 Å². The molecule has 29 heavy (non-hydrogen) atoms. The zero-order valence-electron chi connectivity index (χ0n) is 18.6. The number of unbranched alkanes of at least 4 members (excludes halogenated alkanes) is 3. The fraction of sp³-hybridized carbons (Fsp3) is 0.500. The fourth-order valence-corrected chi connectivity index (χ4v) is 2.68. The fourth-order valence-electron chi connectivity index (χ4n) is 2.68. The van der Waals surface area contributed by atoms with E-state index in [0.29, 0.717) is 6.54 Å². The molecular formula is C26H41NO2. The zero-order chi connectivity index (χ0) is 21.6. The number of amides is 1. The summed E-state index contributed by atoms with van der Waals surface area (Å²) in [5.41, 5.74) is -0.783. The molecule has 2 N–H and O–H groups in total. The van der Waals surface area contributed by atoms with Gasteiger partial charge in [-0.1, -0.05) is 106 Å². The number of carbonyl (C=O) groups is 1. The standard InChI is InChI=1S/C26H41NO2/c1-4-7-10-11-12-13-14-15-16-17-18-19-20-21-25(28)27-24-26(29,22-8-5-2)23-9-6-3/h4,7,10-15,18-21,29H,5-6,8-9,16-17,22-24H2,1-3H3,(H,27,28). The van der Waals surface area contributed by atoms with Crippen molar-refractivity contribution in [1.29, 1.82) is 0 Å². The Hall–Kier alpha value is -2.13. The number of rotatable bonds is 16. The van der Waals surface area contributed by atoms with Gasteiger partial charge in [-0.05, 0) is 32.6 Å². The van der Waals surface area contributed by atoms with Crippen LogP contribution in [0.1, 0.15) is 72.1 Å². The minimum atomic E-state index is -0.783. The molecule has 1 amide bonds. The van der Waals surface area contributed by atoms with Gasteiger partial charge in [0.05, 0.1) is 5.60 Å². The van der Waals surface area contributed by atoms with Crippen molar-refractivity contribution < 1.29 is 9.90 Å². The van der Waals surface area contributed by atoms with Crippen LogP contribution in [0.15, 0.2) is 72.9 Å². The van der Waals surface area contributed by atoms with E-state index in [0.717, 1.165) is 51.4 Å². The zero-order valence-corrected chi connectivity index (χ0v) is 18.6. The molecule has 0 aromatic heterocycles. The molecule has 3 nitrogen and oxygen atoms in total. The first-order chi connectivity index (χ1) is 14.1. The Balaban J connectivity index is 4.11. The second-order valence-corrected chi connectivity index (χ2v) is 7.24. The molecule has 0 unspecified atom stereocenters. The molecule has 0 bridgehead atoms. The van der Waals surface area contributed by atoms with E-state index in [9.17, 15) is 9.90 Å². The van der Waals surface area contributed by atoms with Crippen molar-refractivity contribution in [2.45, 2.75) is 77.7 Å². The molecule has 0 saturated heterocycles. The summed E-state index contributed by atoms with van der Waals surface area (Å²) in [6.07, 6.45) is 30.8. The summed E-state index contributed by atoms with van der Waals surface area (Å²) in [5, 5.41) is 13.6. The molecule has 0 aromatic rings. The van der Waals surface area contributed by atoms with E-state index < -0.39 is 5.60 Å². The quantitative estimate of drug-likeness (QED) is 0.180. The van der Waals surface area contributed by atoms with Crippen molar-refractivity contribution >= 4 is 5.91 Å². The molecule has 162 valence electrons. The van der Waals surface area contributed by atoms with Crippen LogP contribution in [0.25, 0.3) is 0 Å². The van der Waals surface area contributed by atoms with Gasteiger partial charge in [-0.15, -0.1) is 0 Å². The van der Waals surface area contributed by atoms with Gasteiger partial charge in [-0.25, -0.2) is 0 Å². The Labute approximate surface area is 178 Å². The van der Waals surface area contributed by atoms with Crippen LogP contribution in [0, 0.1) is 0 Å². The van der Waals surface area contributed by atoms with E-state index in [1.807, 2.05) is 61.6 Å². The number of allylic oxidation sites excluding steroid dienone is 11. The Bertz CT molecular complexity index is 572. The van der Waals surface area contributed by atoms with Gasteiger partial charge in [0.1, 0.15) is 0 Å². The van der Waals surface area contributed by atoms with Gasteiger partial charge in [0.15, 0.2) is 0 Å². The molecular weight excluding hydrogens is 358 g/mol. The predicted octanol–water partition coefficient (Wildman–Crippen LogP) is 6.35.